The Kier molecular flexibility index (Phi) is 5.10. The molecule has 0 saturated heterocycles. The Morgan fingerprint density at radius 1 is 1.50 bits per heavy atom. The first-order valence-corrected chi connectivity index (χ1v) is 9.57. The minimum absolute atomic E-state index is 0.0209. The highest BCUT2D eigenvalue weighted by molar-refractivity contribution is 9.10. The van der Waals surface area contributed by atoms with Gasteiger partial charge in [0.25, 0.3) is 5.56 Å². The number of aromatic nitrogens is 2. The number of rotatable bonds is 3. The van der Waals surface area contributed by atoms with Crippen LogP contribution in [0.1, 0.15) is 18.2 Å². The van der Waals surface area contributed by atoms with Crippen LogP contribution in [0.15, 0.2) is 38.7 Å². The largest absolute Gasteiger partial charge is 0.326 e. The van der Waals surface area contributed by atoms with Crippen LogP contribution >= 0.6 is 27.7 Å². The normalized spacial score (nSPS) is 16.5. The molecule has 1 unspecified atom stereocenters. The summed E-state index contributed by atoms with van der Waals surface area (Å²) in [6, 6.07) is 7.48. The van der Waals surface area contributed by atoms with Crippen molar-refractivity contribution in [3.05, 3.63) is 50.3 Å². The average Bonchev–Trinajstić information content (AvgIpc) is 2.55. The first-order chi connectivity index (χ1) is 11.5. The van der Waals surface area contributed by atoms with Crippen molar-refractivity contribution in [1.29, 1.82) is 0 Å². The molecule has 2 heterocycles. The smallest absolute Gasteiger partial charge is 0.257 e. The van der Waals surface area contributed by atoms with Crippen LogP contribution in [0.25, 0.3) is 0 Å². The molecule has 126 valence electrons. The van der Waals surface area contributed by atoms with E-state index >= 15 is 0 Å². The first-order valence-electron chi connectivity index (χ1n) is 7.79. The summed E-state index contributed by atoms with van der Waals surface area (Å²) < 4.78 is 2.55. The molecule has 2 aromatic rings. The minimum atomic E-state index is -0.256. The van der Waals surface area contributed by atoms with Gasteiger partial charge in [-0.1, -0.05) is 40.7 Å². The van der Waals surface area contributed by atoms with Gasteiger partial charge in [-0.2, -0.15) is 0 Å². The molecule has 0 saturated carbocycles. The predicted molar refractivity (Wildman–Crippen MR) is 99.6 cm³/mol. The van der Waals surface area contributed by atoms with Gasteiger partial charge in [0, 0.05) is 33.7 Å². The molecule has 24 heavy (non-hydrogen) atoms. The van der Waals surface area contributed by atoms with Crippen LogP contribution in [-0.4, -0.2) is 21.2 Å². The molecular formula is C17H18BrN3O2S. The molecule has 1 N–H and O–H groups in total. The van der Waals surface area contributed by atoms with Crippen LogP contribution in [0.4, 0.5) is 5.69 Å². The molecule has 1 aliphatic heterocycles. The summed E-state index contributed by atoms with van der Waals surface area (Å²) in [6.07, 6.45) is 0.650. The number of benzene rings is 1. The van der Waals surface area contributed by atoms with Gasteiger partial charge < -0.3 is 5.32 Å². The van der Waals surface area contributed by atoms with E-state index < -0.39 is 0 Å². The molecule has 0 radical (unpaired) electrons. The fourth-order valence-corrected chi connectivity index (χ4v) is 4.29. The second kappa shape index (κ2) is 7.11. The molecule has 1 aromatic heterocycles. The second-order valence-corrected chi connectivity index (χ2v) is 7.64. The van der Waals surface area contributed by atoms with Crippen LogP contribution in [0.3, 0.4) is 0 Å². The highest BCUT2D eigenvalue weighted by Gasteiger charge is 2.28. The zero-order valence-corrected chi connectivity index (χ0v) is 15.9. The van der Waals surface area contributed by atoms with Gasteiger partial charge in [-0.15, -0.1) is 0 Å². The second-order valence-electron chi connectivity index (χ2n) is 5.74. The number of anilines is 1. The number of halogens is 1. The Morgan fingerprint density at radius 2 is 2.29 bits per heavy atom. The summed E-state index contributed by atoms with van der Waals surface area (Å²) >= 11 is 4.86. The Morgan fingerprint density at radius 3 is 3.00 bits per heavy atom. The van der Waals surface area contributed by atoms with E-state index in [4.69, 9.17) is 0 Å². The third-order valence-electron chi connectivity index (χ3n) is 4.07. The van der Waals surface area contributed by atoms with E-state index in [2.05, 4.69) is 26.2 Å². The van der Waals surface area contributed by atoms with Crippen molar-refractivity contribution in [3.8, 4) is 0 Å². The van der Waals surface area contributed by atoms with Crippen molar-refractivity contribution in [2.24, 2.45) is 5.92 Å². The van der Waals surface area contributed by atoms with E-state index in [-0.39, 0.29) is 17.4 Å². The lowest BCUT2D eigenvalue weighted by atomic mass is 10.1. The van der Waals surface area contributed by atoms with Crippen molar-refractivity contribution >= 4 is 39.3 Å². The highest BCUT2D eigenvalue weighted by atomic mass is 79.9. The van der Waals surface area contributed by atoms with Gasteiger partial charge in [-0.05, 0) is 31.5 Å². The van der Waals surface area contributed by atoms with Gasteiger partial charge in [0.1, 0.15) is 0 Å². The SMILES string of the molecule is CCc1c(C)nc2n(c1=O)CC(C(=O)Nc1cccc(Br)c1)CS2. The maximum Gasteiger partial charge on any atom is 0.257 e. The van der Waals surface area contributed by atoms with E-state index in [1.54, 1.807) is 4.57 Å². The van der Waals surface area contributed by atoms with Gasteiger partial charge in [-0.3, -0.25) is 14.2 Å². The number of aryl methyl sites for hydroxylation is 1. The van der Waals surface area contributed by atoms with Gasteiger partial charge in [0.05, 0.1) is 5.92 Å². The van der Waals surface area contributed by atoms with Crippen molar-refractivity contribution in [2.75, 3.05) is 11.1 Å². The lowest BCUT2D eigenvalue weighted by Gasteiger charge is -2.25. The number of hydrogen-bond acceptors (Lipinski definition) is 4. The summed E-state index contributed by atoms with van der Waals surface area (Å²) in [5.41, 5.74) is 2.24. The van der Waals surface area contributed by atoms with E-state index in [1.807, 2.05) is 38.1 Å². The van der Waals surface area contributed by atoms with Crippen molar-refractivity contribution in [1.82, 2.24) is 9.55 Å². The Labute approximate surface area is 153 Å². The third-order valence-corrected chi connectivity index (χ3v) is 5.70. The zero-order chi connectivity index (χ0) is 17.3. The molecule has 1 aromatic carbocycles. The molecule has 3 rings (SSSR count). The zero-order valence-electron chi connectivity index (χ0n) is 13.5. The number of amides is 1. The molecule has 0 aliphatic carbocycles. The van der Waals surface area contributed by atoms with Gasteiger partial charge in [0.15, 0.2) is 5.16 Å². The fourth-order valence-electron chi connectivity index (χ4n) is 2.77. The summed E-state index contributed by atoms with van der Waals surface area (Å²) in [4.78, 5) is 29.7. The Bertz CT molecular complexity index is 850. The topological polar surface area (TPSA) is 64.0 Å². The number of hydrogen-bond donors (Lipinski definition) is 1. The molecule has 7 heteroatoms. The number of fused-ring (bicyclic) bond motifs is 1. The molecule has 1 aliphatic rings. The molecule has 5 nitrogen and oxygen atoms in total. The standard InChI is InChI=1S/C17H18BrN3O2S/c1-3-14-10(2)19-17-21(16(14)23)8-11(9-24-17)15(22)20-13-6-4-5-12(18)7-13/h4-7,11H,3,8-9H2,1-2H3,(H,20,22). The van der Waals surface area contributed by atoms with Crippen molar-refractivity contribution < 1.29 is 4.79 Å². The number of nitrogens with zero attached hydrogens (tertiary/aromatic N) is 2. The number of carbonyl (C=O) groups is 1. The predicted octanol–water partition coefficient (Wildman–Crippen LogP) is 3.24. The van der Waals surface area contributed by atoms with Crippen LogP contribution in [-0.2, 0) is 17.8 Å². The van der Waals surface area contributed by atoms with Crippen LogP contribution < -0.4 is 10.9 Å². The summed E-state index contributed by atoms with van der Waals surface area (Å²) in [7, 11) is 0. The molecule has 0 fully saturated rings. The summed E-state index contributed by atoms with van der Waals surface area (Å²) in [5, 5.41) is 3.63. The number of carbonyl (C=O) groups excluding carboxylic acids is 1. The summed E-state index contributed by atoms with van der Waals surface area (Å²) in [6.45, 7) is 4.20. The number of nitrogens with one attached hydrogen (secondary N) is 1. The van der Waals surface area contributed by atoms with Crippen LogP contribution in [0, 0.1) is 12.8 Å². The van der Waals surface area contributed by atoms with E-state index in [0.717, 1.165) is 21.4 Å². The lowest BCUT2D eigenvalue weighted by molar-refractivity contribution is -0.119. The summed E-state index contributed by atoms with van der Waals surface area (Å²) in [5.74, 6) is 0.294. The average molecular weight is 408 g/mol. The molecule has 0 bridgehead atoms. The fraction of sp³-hybridized carbons (Fsp3) is 0.353. The van der Waals surface area contributed by atoms with Gasteiger partial charge in [0.2, 0.25) is 5.91 Å². The van der Waals surface area contributed by atoms with Crippen LogP contribution in [0.2, 0.25) is 0 Å². The molecule has 1 amide bonds. The minimum Gasteiger partial charge on any atom is -0.326 e. The maximum absolute atomic E-state index is 12.6. The Hall–Kier alpha value is -1.60. The highest BCUT2D eigenvalue weighted by Crippen LogP contribution is 2.27. The van der Waals surface area contributed by atoms with E-state index in [9.17, 15) is 9.59 Å². The molecule has 0 spiro atoms. The molecule has 1 atom stereocenters. The van der Waals surface area contributed by atoms with Crippen molar-refractivity contribution in [3.63, 3.8) is 0 Å². The van der Waals surface area contributed by atoms with Crippen LogP contribution in [0.5, 0.6) is 0 Å². The van der Waals surface area contributed by atoms with E-state index in [1.165, 1.54) is 11.8 Å². The lowest BCUT2D eigenvalue weighted by Crippen LogP contribution is -2.38. The van der Waals surface area contributed by atoms with E-state index in [0.29, 0.717) is 23.9 Å². The Balaban J connectivity index is 1.82. The van der Waals surface area contributed by atoms with Gasteiger partial charge >= 0.3 is 0 Å². The third kappa shape index (κ3) is 3.42. The quantitative estimate of drug-likeness (QED) is 0.793. The maximum atomic E-state index is 12.6. The van der Waals surface area contributed by atoms with Gasteiger partial charge in [-0.25, -0.2) is 4.98 Å². The number of thioether (sulfide) groups is 1. The molecular weight excluding hydrogens is 390 g/mol. The first kappa shape index (κ1) is 17.2. The monoisotopic (exact) mass is 407 g/mol. The van der Waals surface area contributed by atoms with Crippen molar-refractivity contribution in [2.45, 2.75) is 32.0 Å².